The molecule has 0 fully saturated rings. The molecule has 0 aliphatic rings. The number of rotatable bonds is 4. The normalized spacial score (nSPS) is 12.7. The van der Waals surface area contributed by atoms with Gasteiger partial charge < -0.3 is 9.47 Å². The first-order valence-electron chi connectivity index (χ1n) is 9.54. The summed E-state index contributed by atoms with van der Waals surface area (Å²) >= 11 is 0. The highest BCUT2D eigenvalue weighted by atomic mass is 16.6. The number of ether oxygens (including phenoxy) is 2. The molecule has 0 heterocycles. The lowest BCUT2D eigenvalue weighted by Gasteiger charge is -2.24. The molecule has 0 atom stereocenters. The van der Waals surface area contributed by atoms with Gasteiger partial charge in [0.25, 0.3) is 0 Å². The van der Waals surface area contributed by atoms with Crippen LogP contribution in [0.4, 0.5) is 0 Å². The van der Waals surface area contributed by atoms with Crippen molar-refractivity contribution in [2.75, 3.05) is 0 Å². The molecule has 0 N–H and O–H groups in total. The second-order valence-electron chi connectivity index (χ2n) is 10.8. The van der Waals surface area contributed by atoms with Gasteiger partial charge in [0.05, 0.1) is 12.8 Å². The van der Waals surface area contributed by atoms with E-state index in [2.05, 4.69) is 20.8 Å². The van der Waals surface area contributed by atoms with Crippen molar-refractivity contribution in [1.82, 2.24) is 0 Å². The largest absolute Gasteiger partial charge is 0.422 e. The van der Waals surface area contributed by atoms with Gasteiger partial charge in [0.1, 0.15) is 0 Å². The van der Waals surface area contributed by atoms with E-state index in [1.807, 2.05) is 60.6 Å². The number of benzene rings is 1. The molecule has 1 aromatic rings. The summed E-state index contributed by atoms with van der Waals surface area (Å²) in [4.78, 5) is 24.8. The monoisotopic (exact) mass is 376 g/mol. The van der Waals surface area contributed by atoms with Crippen molar-refractivity contribution >= 4 is 11.9 Å². The molecule has 0 aromatic heterocycles. The number of hydrogen-bond acceptors (Lipinski definition) is 4. The Balaban J connectivity index is 3.27. The summed E-state index contributed by atoms with van der Waals surface area (Å²) in [6.07, 6.45) is 0.560. The highest BCUT2D eigenvalue weighted by Crippen LogP contribution is 2.38. The van der Waals surface area contributed by atoms with Gasteiger partial charge in [0.2, 0.25) is 0 Å². The van der Waals surface area contributed by atoms with Gasteiger partial charge in [-0.05, 0) is 40.4 Å². The van der Waals surface area contributed by atoms with Crippen LogP contribution in [0.15, 0.2) is 12.1 Å². The molecule has 0 amide bonds. The molecule has 152 valence electrons. The Morgan fingerprint density at radius 2 is 1.22 bits per heavy atom. The van der Waals surface area contributed by atoms with E-state index in [4.69, 9.17) is 9.47 Å². The van der Waals surface area contributed by atoms with Crippen molar-refractivity contribution in [1.29, 1.82) is 0 Å². The van der Waals surface area contributed by atoms with Crippen molar-refractivity contribution in [3.63, 3.8) is 0 Å². The molecule has 1 aromatic carbocycles. The highest BCUT2D eigenvalue weighted by Gasteiger charge is 2.25. The Hall–Kier alpha value is -1.84. The fraction of sp³-hybridized carbons (Fsp3) is 0.652. The van der Waals surface area contributed by atoms with Crippen LogP contribution in [0.3, 0.4) is 0 Å². The SMILES string of the molecule is Cc1cc(C(C)(C)C)cc(OC(=O)CC(C)(C)C)c1OC(=O)CC(C)(C)C. The minimum absolute atomic E-state index is 0.121. The molecule has 0 aliphatic heterocycles. The number of hydrogen-bond donors (Lipinski definition) is 0. The number of esters is 2. The number of aryl methyl sites for hydroxylation is 1. The average molecular weight is 377 g/mol. The van der Waals surface area contributed by atoms with E-state index in [0.717, 1.165) is 11.1 Å². The zero-order valence-electron chi connectivity index (χ0n) is 18.7. The van der Waals surface area contributed by atoms with Crippen LogP contribution < -0.4 is 9.47 Å². The second kappa shape index (κ2) is 8.04. The van der Waals surface area contributed by atoms with E-state index in [-0.39, 0.29) is 41.0 Å². The topological polar surface area (TPSA) is 52.6 Å². The van der Waals surface area contributed by atoms with Gasteiger partial charge in [-0.2, -0.15) is 0 Å². The van der Waals surface area contributed by atoms with Gasteiger partial charge in [-0.1, -0.05) is 68.4 Å². The first-order valence-corrected chi connectivity index (χ1v) is 9.54. The first kappa shape index (κ1) is 23.2. The van der Waals surface area contributed by atoms with Crippen LogP contribution in [0, 0.1) is 17.8 Å². The maximum absolute atomic E-state index is 12.4. The molecule has 4 heteroatoms. The molecule has 0 aliphatic carbocycles. The molecule has 4 nitrogen and oxygen atoms in total. The van der Waals surface area contributed by atoms with Crippen molar-refractivity contribution in [2.24, 2.45) is 10.8 Å². The van der Waals surface area contributed by atoms with Crippen LogP contribution >= 0.6 is 0 Å². The molecule has 0 radical (unpaired) electrons. The molecule has 1 rings (SSSR count). The number of carbonyl (C=O) groups excluding carboxylic acids is 2. The maximum Gasteiger partial charge on any atom is 0.311 e. The van der Waals surface area contributed by atoms with Gasteiger partial charge in [0, 0.05) is 0 Å². The minimum atomic E-state index is -0.332. The van der Waals surface area contributed by atoms with Gasteiger partial charge in [0.15, 0.2) is 11.5 Å². The molecule has 0 saturated carbocycles. The summed E-state index contributed by atoms with van der Waals surface area (Å²) in [6, 6.07) is 3.80. The van der Waals surface area contributed by atoms with Crippen LogP contribution in [0.25, 0.3) is 0 Å². The van der Waals surface area contributed by atoms with E-state index in [0.29, 0.717) is 11.5 Å². The minimum Gasteiger partial charge on any atom is -0.422 e. The Kier molecular flexibility index (Phi) is 6.90. The molecule has 0 spiro atoms. The summed E-state index contributed by atoms with van der Waals surface area (Å²) in [5.74, 6) is -0.0146. The summed E-state index contributed by atoms with van der Waals surface area (Å²) < 4.78 is 11.3. The van der Waals surface area contributed by atoms with Crippen molar-refractivity contribution in [3.8, 4) is 11.5 Å². The quantitative estimate of drug-likeness (QED) is 0.479. The lowest BCUT2D eigenvalue weighted by molar-refractivity contribution is -0.139. The lowest BCUT2D eigenvalue weighted by atomic mass is 9.86. The lowest BCUT2D eigenvalue weighted by Crippen LogP contribution is -2.21. The third kappa shape index (κ3) is 8.15. The van der Waals surface area contributed by atoms with E-state index in [1.54, 1.807) is 0 Å². The molecule has 0 saturated heterocycles. The number of carbonyl (C=O) groups is 2. The Labute approximate surface area is 164 Å². The van der Waals surface area contributed by atoms with Crippen molar-refractivity contribution in [2.45, 2.75) is 87.5 Å². The zero-order valence-corrected chi connectivity index (χ0v) is 18.7. The summed E-state index contributed by atoms with van der Waals surface area (Å²) in [6.45, 7) is 20.0. The zero-order chi connectivity index (χ0) is 21.2. The Morgan fingerprint density at radius 3 is 1.63 bits per heavy atom. The predicted octanol–water partition coefficient (Wildman–Crippen LogP) is 5.98. The van der Waals surface area contributed by atoms with Crippen LogP contribution in [0.2, 0.25) is 0 Å². The fourth-order valence-electron chi connectivity index (χ4n) is 2.56. The average Bonchev–Trinajstić information content (AvgIpc) is 2.36. The Morgan fingerprint density at radius 1 is 0.778 bits per heavy atom. The standard InChI is InChI=1S/C23H36O4/c1-15-11-16(23(8,9)10)12-17(26-18(24)13-21(2,3)4)20(15)27-19(25)14-22(5,6)7/h11-12H,13-14H2,1-10H3. The molecular formula is C23H36O4. The molecule has 0 unspecified atom stereocenters. The van der Waals surface area contributed by atoms with E-state index < -0.39 is 0 Å². The van der Waals surface area contributed by atoms with Crippen LogP contribution in [0.5, 0.6) is 11.5 Å². The van der Waals surface area contributed by atoms with Crippen molar-refractivity contribution in [3.05, 3.63) is 23.3 Å². The third-order valence-electron chi connectivity index (χ3n) is 3.90. The second-order valence-corrected chi connectivity index (χ2v) is 10.8. The van der Waals surface area contributed by atoms with Crippen LogP contribution in [0.1, 0.15) is 86.3 Å². The molecule has 27 heavy (non-hydrogen) atoms. The fourth-order valence-corrected chi connectivity index (χ4v) is 2.56. The summed E-state index contributed by atoms with van der Waals surface area (Å²) in [5.41, 5.74) is 1.32. The Bertz CT molecular complexity index is 695. The van der Waals surface area contributed by atoms with Gasteiger partial charge in [-0.25, -0.2) is 0 Å². The molecule has 0 bridgehead atoms. The maximum atomic E-state index is 12.4. The van der Waals surface area contributed by atoms with Crippen LogP contribution in [-0.4, -0.2) is 11.9 Å². The van der Waals surface area contributed by atoms with Gasteiger partial charge >= 0.3 is 11.9 Å². The van der Waals surface area contributed by atoms with Crippen LogP contribution in [-0.2, 0) is 15.0 Å². The van der Waals surface area contributed by atoms with Gasteiger partial charge in [-0.3, -0.25) is 9.59 Å². The highest BCUT2D eigenvalue weighted by molar-refractivity contribution is 5.77. The van der Waals surface area contributed by atoms with E-state index in [1.165, 1.54) is 0 Å². The third-order valence-corrected chi connectivity index (χ3v) is 3.90. The summed E-state index contributed by atoms with van der Waals surface area (Å²) in [7, 11) is 0. The summed E-state index contributed by atoms with van der Waals surface area (Å²) in [5, 5.41) is 0. The predicted molar refractivity (Wildman–Crippen MR) is 109 cm³/mol. The van der Waals surface area contributed by atoms with Gasteiger partial charge in [-0.15, -0.1) is 0 Å². The van der Waals surface area contributed by atoms with E-state index in [9.17, 15) is 9.59 Å². The van der Waals surface area contributed by atoms with Crippen molar-refractivity contribution < 1.29 is 19.1 Å². The van der Waals surface area contributed by atoms with E-state index >= 15 is 0 Å². The molecular weight excluding hydrogens is 340 g/mol. The smallest absolute Gasteiger partial charge is 0.311 e. The first-order chi connectivity index (χ1) is 12.0.